The lowest BCUT2D eigenvalue weighted by Crippen LogP contribution is -2.01. The van der Waals surface area contributed by atoms with Gasteiger partial charge in [-0.05, 0) is 90.7 Å². The highest BCUT2D eigenvalue weighted by molar-refractivity contribution is 6.23. The van der Waals surface area contributed by atoms with E-state index >= 15 is 0 Å². The molecule has 0 radical (unpaired) electrons. The lowest BCUT2D eigenvalue weighted by Gasteiger charge is -2.15. The van der Waals surface area contributed by atoms with E-state index in [9.17, 15) is 0 Å². The molecule has 54 heavy (non-hydrogen) atoms. The van der Waals surface area contributed by atoms with Crippen molar-refractivity contribution < 1.29 is 0 Å². The molecule has 0 saturated heterocycles. The Labute approximate surface area is 313 Å². The predicted octanol–water partition coefficient (Wildman–Crippen LogP) is 12.2. The van der Waals surface area contributed by atoms with E-state index in [1.165, 1.54) is 38.3 Å². The van der Waals surface area contributed by atoms with Gasteiger partial charge in [-0.25, -0.2) is 15.0 Å². The third-order valence-corrected chi connectivity index (χ3v) is 10.4. The number of para-hydroxylation sites is 3. The van der Waals surface area contributed by atoms with Gasteiger partial charge in [0.25, 0.3) is 0 Å². The summed E-state index contributed by atoms with van der Waals surface area (Å²) in [4.78, 5) is 14.9. The topological polar surface area (TPSA) is 48.5 Å². The molecule has 5 heteroatoms. The first-order chi connectivity index (χ1) is 26.6. The summed E-state index contributed by atoms with van der Waals surface area (Å²) in [7, 11) is 0. The SMILES string of the molecule is Cc1cc(-c2nc(-c3ccccc3)nc(-c3ccccc3)n2)cc(C)c1-c1ccc2c(c1)c1c3ccccc3n(-c3ccccc3)c1n2-c1ccccc1. The van der Waals surface area contributed by atoms with Crippen LogP contribution in [0.4, 0.5) is 0 Å². The van der Waals surface area contributed by atoms with E-state index in [0.29, 0.717) is 17.5 Å². The molecule has 0 fully saturated rings. The van der Waals surface area contributed by atoms with Crippen molar-refractivity contribution in [3.05, 3.63) is 187 Å². The molecule has 10 rings (SSSR count). The highest BCUT2D eigenvalue weighted by atomic mass is 15.1. The van der Waals surface area contributed by atoms with Crippen molar-refractivity contribution in [3.63, 3.8) is 0 Å². The van der Waals surface area contributed by atoms with Gasteiger partial charge in [0, 0.05) is 44.2 Å². The zero-order chi connectivity index (χ0) is 36.2. The maximum absolute atomic E-state index is 5.02. The summed E-state index contributed by atoms with van der Waals surface area (Å²) >= 11 is 0. The lowest BCUT2D eigenvalue weighted by molar-refractivity contribution is 1.07. The number of nitrogens with zero attached hydrogens (tertiary/aromatic N) is 5. The molecule has 3 heterocycles. The summed E-state index contributed by atoms with van der Waals surface area (Å²) in [5.74, 6) is 1.98. The van der Waals surface area contributed by atoms with Gasteiger partial charge in [0.2, 0.25) is 0 Å². The number of benzene rings is 7. The Balaban J connectivity index is 1.18. The molecular weight excluding hydrogens is 659 g/mol. The fraction of sp³-hybridized carbons (Fsp3) is 0.0408. The number of aryl methyl sites for hydroxylation is 2. The Morgan fingerprint density at radius 1 is 0.370 bits per heavy atom. The van der Waals surface area contributed by atoms with Crippen LogP contribution in [0.25, 0.3) is 89.5 Å². The molecule has 0 N–H and O–H groups in total. The molecule has 7 aromatic carbocycles. The first-order valence-electron chi connectivity index (χ1n) is 18.3. The van der Waals surface area contributed by atoms with E-state index in [0.717, 1.165) is 44.8 Å². The average Bonchev–Trinajstić information content (AvgIpc) is 3.74. The van der Waals surface area contributed by atoms with Crippen molar-refractivity contribution in [1.82, 2.24) is 24.1 Å². The molecule has 0 atom stereocenters. The maximum Gasteiger partial charge on any atom is 0.164 e. The standard InChI is InChI=1S/C49H35N5/c1-32-29-37(48-51-46(34-17-7-3-8-18-34)50-47(52-48)35-19-9-4-10-20-35)30-33(2)44(32)36-27-28-43-41(31-36)45-40-25-15-16-26-42(40)53(38-21-11-5-12-22-38)49(45)54(43)39-23-13-6-14-24-39/h3-31H,1-2H3. The third-order valence-electron chi connectivity index (χ3n) is 10.4. The van der Waals surface area contributed by atoms with Crippen LogP contribution < -0.4 is 0 Å². The Kier molecular flexibility index (Phi) is 7.51. The van der Waals surface area contributed by atoms with Crippen LogP contribution in [0.3, 0.4) is 0 Å². The second kappa shape index (κ2) is 12.8. The van der Waals surface area contributed by atoms with Gasteiger partial charge in [-0.15, -0.1) is 0 Å². The van der Waals surface area contributed by atoms with Gasteiger partial charge >= 0.3 is 0 Å². The third kappa shape index (κ3) is 5.21. The second-order valence-corrected chi connectivity index (χ2v) is 13.8. The van der Waals surface area contributed by atoms with Gasteiger partial charge in [-0.1, -0.05) is 121 Å². The van der Waals surface area contributed by atoms with E-state index in [4.69, 9.17) is 15.0 Å². The van der Waals surface area contributed by atoms with Crippen LogP contribution in [0.5, 0.6) is 0 Å². The van der Waals surface area contributed by atoms with E-state index in [1.54, 1.807) is 0 Å². The number of hydrogen-bond acceptors (Lipinski definition) is 3. The summed E-state index contributed by atoms with van der Waals surface area (Å²) in [6.45, 7) is 4.39. The molecule has 0 aliphatic heterocycles. The molecule has 0 aliphatic rings. The summed E-state index contributed by atoms with van der Waals surface area (Å²) in [6.07, 6.45) is 0. The number of hydrogen-bond donors (Lipinski definition) is 0. The molecule has 0 bridgehead atoms. The van der Waals surface area contributed by atoms with Gasteiger partial charge in [-0.2, -0.15) is 0 Å². The van der Waals surface area contributed by atoms with E-state index < -0.39 is 0 Å². The summed E-state index contributed by atoms with van der Waals surface area (Å²) < 4.78 is 4.82. The Morgan fingerprint density at radius 2 is 0.815 bits per heavy atom. The van der Waals surface area contributed by atoms with E-state index in [-0.39, 0.29) is 0 Å². The Hall–Kier alpha value is -7.11. The molecule has 0 saturated carbocycles. The molecular formula is C49H35N5. The van der Waals surface area contributed by atoms with Crippen molar-refractivity contribution in [3.8, 4) is 56.7 Å². The first kappa shape index (κ1) is 31.6. The van der Waals surface area contributed by atoms with Crippen molar-refractivity contribution >= 4 is 32.8 Å². The summed E-state index contributed by atoms with van der Waals surface area (Å²) in [6, 6.07) is 61.8. The quantitative estimate of drug-likeness (QED) is 0.174. The fourth-order valence-corrected chi connectivity index (χ4v) is 8.07. The highest BCUT2D eigenvalue weighted by Gasteiger charge is 2.23. The molecule has 0 unspecified atom stereocenters. The monoisotopic (exact) mass is 693 g/mol. The number of rotatable bonds is 6. The van der Waals surface area contributed by atoms with Gasteiger partial charge in [0.05, 0.1) is 11.0 Å². The zero-order valence-corrected chi connectivity index (χ0v) is 30.0. The summed E-state index contributed by atoms with van der Waals surface area (Å²) in [5, 5.41) is 3.70. The van der Waals surface area contributed by atoms with Crippen LogP contribution in [0.1, 0.15) is 11.1 Å². The average molecular weight is 694 g/mol. The molecule has 0 spiro atoms. The maximum atomic E-state index is 5.02. The largest absolute Gasteiger partial charge is 0.295 e. The van der Waals surface area contributed by atoms with Crippen molar-refractivity contribution in [1.29, 1.82) is 0 Å². The lowest BCUT2D eigenvalue weighted by atomic mass is 9.92. The molecule has 10 aromatic rings. The van der Waals surface area contributed by atoms with Crippen molar-refractivity contribution in [2.24, 2.45) is 0 Å². The summed E-state index contributed by atoms with van der Waals surface area (Å²) in [5.41, 5.74) is 13.4. The molecule has 5 nitrogen and oxygen atoms in total. The smallest absolute Gasteiger partial charge is 0.164 e. The van der Waals surface area contributed by atoms with Gasteiger partial charge < -0.3 is 0 Å². The molecule has 0 amide bonds. The van der Waals surface area contributed by atoms with Crippen LogP contribution in [0, 0.1) is 13.8 Å². The normalized spacial score (nSPS) is 11.5. The van der Waals surface area contributed by atoms with Crippen molar-refractivity contribution in [2.75, 3.05) is 0 Å². The van der Waals surface area contributed by atoms with Gasteiger partial charge in [0.1, 0.15) is 5.65 Å². The molecule has 0 aliphatic carbocycles. The number of fused-ring (bicyclic) bond motifs is 5. The molecule has 3 aromatic heterocycles. The minimum absolute atomic E-state index is 0.658. The van der Waals surface area contributed by atoms with Crippen LogP contribution in [0.15, 0.2) is 176 Å². The van der Waals surface area contributed by atoms with Crippen molar-refractivity contribution in [2.45, 2.75) is 13.8 Å². The second-order valence-electron chi connectivity index (χ2n) is 13.8. The minimum Gasteiger partial charge on any atom is -0.295 e. The zero-order valence-electron chi connectivity index (χ0n) is 30.0. The first-order valence-corrected chi connectivity index (χ1v) is 18.3. The fourth-order valence-electron chi connectivity index (χ4n) is 8.07. The van der Waals surface area contributed by atoms with Gasteiger partial charge in [0.15, 0.2) is 17.5 Å². The van der Waals surface area contributed by atoms with Gasteiger partial charge in [-0.3, -0.25) is 9.13 Å². The van der Waals surface area contributed by atoms with E-state index in [1.807, 2.05) is 60.7 Å². The Morgan fingerprint density at radius 3 is 1.35 bits per heavy atom. The van der Waals surface area contributed by atoms with Crippen LogP contribution >= 0.6 is 0 Å². The van der Waals surface area contributed by atoms with Crippen LogP contribution in [0.2, 0.25) is 0 Å². The number of aromatic nitrogens is 5. The van der Waals surface area contributed by atoms with E-state index in [2.05, 4.69) is 138 Å². The molecule has 256 valence electrons. The predicted molar refractivity (Wildman–Crippen MR) is 222 cm³/mol. The van der Waals surface area contributed by atoms with Crippen LogP contribution in [-0.2, 0) is 0 Å². The Bertz CT molecular complexity index is 2900. The minimum atomic E-state index is 0.658. The highest BCUT2D eigenvalue weighted by Crippen LogP contribution is 2.43. The van der Waals surface area contributed by atoms with Crippen LogP contribution in [-0.4, -0.2) is 24.1 Å².